The predicted octanol–water partition coefficient (Wildman–Crippen LogP) is 3.42. The largest absolute Gasteiger partial charge is 0.497 e. The van der Waals surface area contributed by atoms with Crippen LogP contribution in [0.3, 0.4) is 0 Å². The molecule has 0 unspecified atom stereocenters. The zero-order chi connectivity index (χ0) is 14.5. The first-order chi connectivity index (χ1) is 9.63. The quantitative estimate of drug-likeness (QED) is 0.690. The van der Waals surface area contributed by atoms with Crippen molar-refractivity contribution in [2.75, 3.05) is 7.11 Å². The van der Waals surface area contributed by atoms with E-state index in [-0.39, 0.29) is 5.57 Å². The monoisotopic (exact) mass is 285 g/mol. The van der Waals surface area contributed by atoms with E-state index in [1.54, 1.807) is 19.2 Å². The van der Waals surface area contributed by atoms with Gasteiger partial charge in [-0.15, -0.1) is 11.3 Å². The van der Waals surface area contributed by atoms with Gasteiger partial charge in [-0.2, -0.15) is 5.26 Å². The Kier molecular flexibility index (Phi) is 4.18. The molecular formula is C15H11NO3S. The minimum atomic E-state index is -1.22. The fraction of sp³-hybridized carbons (Fsp3) is 0.0667. The van der Waals surface area contributed by atoms with E-state index in [0.717, 1.165) is 21.1 Å². The second-order valence-corrected chi connectivity index (χ2v) is 5.02. The second kappa shape index (κ2) is 6.04. The van der Waals surface area contributed by atoms with Crippen LogP contribution in [-0.4, -0.2) is 18.2 Å². The number of carboxylic acid groups (broad SMARTS) is 1. The number of nitriles is 1. The lowest BCUT2D eigenvalue weighted by atomic mass is 10.2. The molecule has 0 radical (unpaired) electrons. The second-order valence-electron chi connectivity index (χ2n) is 3.91. The molecule has 2 aromatic rings. The van der Waals surface area contributed by atoms with E-state index in [1.807, 2.05) is 30.3 Å². The zero-order valence-electron chi connectivity index (χ0n) is 10.7. The molecule has 0 bridgehead atoms. The first kappa shape index (κ1) is 13.8. The molecule has 5 heteroatoms. The molecule has 0 aliphatic rings. The summed E-state index contributed by atoms with van der Waals surface area (Å²) in [5.41, 5.74) is 0.748. The number of carboxylic acids is 1. The van der Waals surface area contributed by atoms with E-state index in [1.165, 1.54) is 17.4 Å². The molecule has 0 atom stereocenters. The Labute approximate surface area is 120 Å². The molecule has 0 aliphatic heterocycles. The number of rotatable bonds is 4. The van der Waals surface area contributed by atoms with Crippen LogP contribution in [0.25, 0.3) is 16.5 Å². The molecule has 1 aromatic heterocycles. The van der Waals surface area contributed by atoms with E-state index >= 15 is 0 Å². The van der Waals surface area contributed by atoms with Crippen molar-refractivity contribution in [2.45, 2.75) is 0 Å². The Hall–Kier alpha value is -2.58. The van der Waals surface area contributed by atoms with Crippen molar-refractivity contribution in [3.63, 3.8) is 0 Å². The molecule has 0 amide bonds. The lowest BCUT2D eigenvalue weighted by molar-refractivity contribution is -0.132. The highest BCUT2D eigenvalue weighted by Gasteiger charge is 2.08. The molecule has 1 heterocycles. The third-order valence-electron chi connectivity index (χ3n) is 2.64. The normalized spacial score (nSPS) is 10.9. The van der Waals surface area contributed by atoms with Gasteiger partial charge in [0.25, 0.3) is 0 Å². The number of carbonyl (C=O) groups is 1. The number of ether oxygens (including phenoxy) is 1. The summed E-state index contributed by atoms with van der Waals surface area (Å²) in [4.78, 5) is 12.5. The van der Waals surface area contributed by atoms with Gasteiger partial charge in [0.1, 0.15) is 17.4 Å². The van der Waals surface area contributed by atoms with Crippen LogP contribution in [0.5, 0.6) is 5.75 Å². The molecule has 2 rings (SSSR count). The summed E-state index contributed by atoms with van der Waals surface area (Å²) in [5, 5.41) is 17.5. The van der Waals surface area contributed by atoms with Gasteiger partial charge in [-0.1, -0.05) is 0 Å². The van der Waals surface area contributed by atoms with Gasteiger partial charge < -0.3 is 9.84 Å². The van der Waals surface area contributed by atoms with Crippen molar-refractivity contribution >= 4 is 23.4 Å². The molecule has 0 saturated carbocycles. The van der Waals surface area contributed by atoms with Gasteiger partial charge in [-0.25, -0.2) is 4.79 Å². The van der Waals surface area contributed by atoms with E-state index < -0.39 is 5.97 Å². The van der Waals surface area contributed by atoms with Crippen molar-refractivity contribution < 1.29 is 14.6 Å². The van der Waals surface area contributed by atoms with Gasteiger partial charge in [0.15, 0.2) is 0 Å². The number of nitrogens with zero attached hydrogens (tertiary/aromatic N) is 1. The summed E-state index contributed by atoms with van der Waals surface area (Å²) < 4.78 is 5.10. The maximum atomic E-state index is 10.8. The number of aliphatic carboxylic acids is 1. The highest BCUT2D eigenvalue weighted by Crippen LogP contribution is 2.30. The maximum absolute atomic E-state index is 10.8. The third-order valence-corrected chi connectivity index (χ3v) is 3.72. The Morgan fingerprint density at radius 1 is 1.30 bits per heavy atom. The van der Waals surface area contributed by atoms with Crippen molar-refractivity contribution in [3.8, 4) is 22.3 Å². The van der Waals surface area contributed by atoms with Crippen LogP contribution in [0.2, 0.25) is 0 Å². The van der Waals surface area contributed by atoms with Crippen LogP contribution in [0.15, 0.2) is 42.0 Å². The standard InChI is InChI=1S/C15H11NO3S/c1-19-12-4-2-10(3-5-12)14-7-6-13(20-14)8-11(9-16)15(17)18/h2-8H,1H3,(H,17,18). The van der Waals surface area contributed by atoms with Crippen molar-refractivity contribution in [2.24, 2.45) is 0 Å². The van der Waals surface area contributed by atoms with Crippen LogP contribution >= 0.6 is 11.3 Å². The Morgan fingerprint density at radius 3 is 2.55 bits per heavy atom. The van der Waals surface area contributed by atoms with Crippen LogP contribution in [-0.2, 0) is 4.79 Å². The van der Waals surface area contributed by atoms with E-state index in [0.29, 0.717) is 0 Å². The van der Waals surface area contributed by atoms with Gasteiger partial charge in [-0.05, 0) is 48.0 Å². The molecule has 0 spiro atoms. The molecular weight excluding hydrogens is 274 g/mol. The van der Waals surface area contributed by atoms with Gasteiger partial charge in [-0.3, -0.25) is 0 Å². The van der Waals surface area contributed by atoms with Gasteiger partial charge in [0, 0.05) is 9.75 Å². The Bertz CT molecular complexity index is 693. The Morgan fingerprint density at radius 2 is 2.00 bits per heavy atom. The molecule has 0 saturated heterocycles. The number of benzene rings is 1. The zero-order valence-corrected chi connectivity index (χ0v) is 11.5. The van der Waals surface area contributed by atoms with Crippen molar-refractivity contribution in [1.82, 2.24) is 0 Å². The fourth-order valence-corrected chi connectivity index (χ4v) is 2.58. The van der Waals surface area contributed by atoms with Crippen molar-refractivity contribution in [1.29, 1.82) is 5.26 Å². The minimum Gasteiger partial charge on any atom is -0.497 e. The summed E-state index contributed by atoms with van der Waals surface area (Å²) >= 11 is 1.43. The number of hydrogen-bond donors (Lipinski definition) is 1. The summed E-state index contributed by atoms with van der Waals surface area (Å²) in [6.45, 7) is 0. The number of thiophene rings is 1. The predicted molar refractivity (Wildman–Crippen MR) is 77.5 cm³/mol. The van der Waals surface area contributed by atoms with E-state index in [2.05, 4.69) is 0 Å². The smallest absolute Gasteiger partial charge is 0.346 e. The molecule has 1 aromatic carbocycles. The van der Waals surface area contributed by atoms with Gasteiger partial charge in [0.2, 0.25) is 0 Å². The molecule has 100 valence electrons. The summed E-state index contributed by atoms with van der Waals surface area (Å²) in [6, 6.07) is 12.9. The maximum Gasteiger partial charge on any atom is 0.346 e. The van der Waals surface area contributed by atoms with Crippen molar-refractivity contribution in [3.05, 3.63) is 46.8 Å². The van der Waals surface area contributed by atoms with Crippen LogP contribution < -0.4 is 4.74 Å². The molecule has 4 nitrogen and oxygen atoms in total. The topological polar surface area (TPSA) is 70.3 Å². The van der Waals surface area contributed by atoms with E-state index in [9.17, 15) is 4.79 Å². The summed E-state index contributed by atoms with van der Waals surface area (Å²) in [5.74, 6) is -0.435. The molecule has 0 fully saturated rings. The minimum absolute atomic E-state index is 0.270. The van der Waals surface area contributed by atoms with Crippen LogP contribution in [0, 0.1) is 11.3 Å². The highest BCUT2D eigenvalue weighted by atomic mass is 32.1. The highest BCUT2D eigenvalue weighted by molar-refractivity contribution is 7.16. The Balaban J connectivity index is 2.29. The average molecular weight is 285 g/mol. The summed E-state index contributed by atoms with van der Waals surface area (Å²) in [7, 11) is 1.61. The molecule has 20 heavy (non-hydrogen) atoms. The third kappa shape index (κ3) is 3.05. The van der Waals surface area contributed by atoms with Crippen LogP contribution in [0.1, 0.15) is 4.88 Å². The van der Waals surface area contributed by atoms with Gasteiger partial charge >= 0.3 is 5.97 Å². The van der Waals surface area contributed by atoms with E-state index in [4.69, 9.17) is 15.1 Å². The summed E-state index contributed by atoms with van der Waals surface area (Å²) in [6.07, 6.45) is 1.38. The van der Waals surface area contributed by atoms with Gasteiger partial charge in [0.05, 0.1) is 7.11 Å². The molecule has 1 N–H and O–H groups in total. The lowest BCUT2D eigenvalue weighted by Gasteiger charge is -2.00. The lowest BCUT2D eigenvalue weighted by Crippen LogP contribution is -1.96. The molecule has 0 aliphatic carbocycles. The number of methoxy groups -OCH3 is 1. The number of hydrogen-bond acceptors (Lipinski definition) is 4. The SMILES string of the molecule is COc1ccc(-c2ccc(C=C(C#N)C(=O)O)s2)cc1. The fourth-order valence-electron chi connectivity index (χ4n) is 1.62. The van der Waals surface area contributed by atoms with Crippen LogP contribution in [0.4, 0.5) is 0 Å². The first-order valence-electron chi connectivity index (χ1n) is 5.73. The first-order valence-corrected chi connectivity index (χ1v) is 6.55. The average Bonchev–Trinajstić information content (AvgIpc) is 2.93.